The van der Waals surface area contributed by atoms with Crippen LogP contribution in [-0.4, -0.2) is 63.8 Å². The van der Waals surface area contributed by atoms with Crippen molar-refractivity contribution >= 4 is 12.0 Å². The Hall–Kier alpha value is -3.97. The lowest BCUT2D eigenvalue weighted by Crippen LogP contribution is -2.46. The van der Waals surface area contributed by atoms with Crippen LogP contribution < -0.4 is 18.9 Å². The van der Waals surface area contributed by atoms with Gasteiger partial charge in [0, 0.05) is 37.8 Å². The number of rotatable bonds is 13. The maximum Gasteiger partial charge on any atom is 0.230 e. The fourth-order valence-electron chi connectivity index (χ4n) is 6.22. The summed E-state index contributed by atoms with van der Waals surface area (Å²) in [4.78, 5) is 17.7. The molecule has 1 aliphatic heterocycles. The number of hydrogen-bond acceptors (Lipinski definition) is 6. The topological polar surface area (TPSA) is 60.5 Å². The number of hydrogen-bond donors (Lipinski definition) is 0. The van der Waals surface area contributed by atoms with Crippen LogP contribution in [0.4, 0.5) is 0 Å². The minimum atomic E-state index is 0.0758. The van der Waals surface area contributed by atoms with Gasteiger partial charge in [0.1, 0.15) is 0 Å². The molecule has 0 unspecified atom stereocenters. The highest BCUT2D eigenvalue weighted by molar-refractivity contribution is 5.84. The Bertz CT molecular complexity index is 1400. The molecule has 1 aliphatic carbocycles. The number of methoxy groups -OCH3 is 4. The summed E-state index contributed by atoms with van der Waals surface area (Å²) >= 11 is 0. The van der Waals surface area contributed by atoms with Crippen molar-refractivity contribution in [3.63, 3.8) is 0 Å². The van der Waals surface area contributed by atoms with Crippen LogP contribution >= 0.6 is 0 Å². The molecule has 1 amide bonds. The average molecular weight is 571 g/mol. The second kappa shape index (κ2) is 13.3. The molecule has 0 spiro atoms. The summed E-state index contributed by atoms with van der Waals surface area (Å²) in [6.45, 7) is 3.36. The van der Waals surface area contributed by atoms with Crippen LogP contribution in [-0.2, 0) is 23.2 Å². The molecule has 1 saturated carbocycles. The smallest absolute Gasteiger partial charge is 0.230 e. The van der Waals surface area contributed by atoms with Gasteiger partial charge in [0.25, 0.3) is 0 Å². The molecule has 3 aromatic rings. The van der Waals surface area contributed by atoms with Gasteiger partial charge in [0.15, 0.2) is 23.0 Å². The lowest BCUT2D eigenvalue weighted by Gasteiger charge is -2.46. The Labute approximate surface area is 249 Å². The molecular weight excluding hydrogens is 528 g/mol. The average Bonchev–Trinajstić information content (AvgIpc) is 3.15. The molecule has 0 aromatic heterocycles. The van der Waals surface area contributed by atoms with Gasteiger partial charge in [-0.2, -0.15) is 0 Å². The van der Waals surface area contributed by atoms with Gasteiger partial charge in [-0.25, -0.2) is 0 Å². The highest BCUT2D eigenvalue weighted by Gasteiger charge is 2.40. The maximum absolute atomic E-state index is 13.2. The fraction of sp³-hybridized carbons (Fsp3) is 0.400. The van der Waals surface area contributed by atoms with Crippen LogP contribution in [0.25, 0.3) is 6.08 Å². The summed E-state index contributed by atoms with van der Waals surface area (Å²) in [6.07, 6.45) is 8.63. The summed E-state index contributed by atoms with van der Waals surface area (Å²) < 4.78 is 22.1. The zero-order chi connectivity index (χ0) is 29.5. The highest BCUT2D eigenvalue weighted by Crippen LogP contribution is 2.46. The minimum absolute atomic E-state index is 0.0758. The zero-order valence-corrected chi connectivity index (χ0v) is 25.2. The molecular formula is C35H42N2O5. The maximum atomic E-state index is 13.2. The van der Waals surface area contributed by atoms with Crippen LogP contribution in [0.5, 0.6) is 23.0 Å². The summed E-state index contributed by atoms with van der Waals surface area (Å²) in [6, 6.07) is 20.9. The van der Waals surface area contributed by atoms with E-state index < -0.39 is 0 Å². The molecule has 7 nitrogen and oxygen atoms in total. The molecule has 5 rings (SSSR count). The first-order chi connectivity index (χ1) is 20.5. The number of carbonyl (C=O) groups is 1. The van der Waals surface area contributed by atoms with E-state index in [1.165, 1.54) is 17.5 Å². The van der Waals surface area contributed by atoms with Gasteiger partial charge in [0.05, 0.1) is 34.9 Å². The van der Waals surface area contributed by atoms with E-state index in [1.807, 2.05) is 35.4 Å². The number of amides is 1. The van der Waals surface area contributed by atoms with E-state index in [0.717, 1.165) is 61.5 Å². The first-order valence-corrected chi connectivity index (χ1v) is 14.7. The van der Waals surface area contributed by atoms with E-state index in [0.29, 0.717) is 24.5 Å². The Morgan fingerprint density at radius 1 is 0.833 bits per heavy atom. The summed E-state index contributed by atoms with van der Waals surface area (Å²) in [7, 11) is 6.61. The lowest BCUT2D eigenvalue weighted by atomic mass is 9.64. The minimum Gasteiger partial charge on any atom is -0.493 e. The van der Waals surface area contributed by atoms with E-state index in [4.69, 9.17) is 18.9 Å². The number of carbonyl (C=O) groups excluding carboxylic acids is 1. The molecule has 0 atom stereocenters. The molecule has 0 N–H and O–H groups in total. The van der Waals surface area contributed by atoms with Gasteiger partial charge < -0.3 is 23.8 Å². The number of fused-ring (bicyclic) bond motifs is 1. The highest BCUT2D eigenvalue weighted by atomic mass is 16.5. The van der Waals surface area contributed by atoms with Gasteiger partial charge in [-0.05, 0) is 71.9 Å². The van der Waals surface area contributed by atoms with Crippen LogP contribution in [0, 0.1) is 0 Å². The molecule has 222 valence electrons. The standard InChI is InChI=1S/C35H42N2O5/c1-39-30-13-12-29(23-33(30)42-4)35(15-8-16-35)25-36(24-26-10-6-5-7-11-26)17-9-18-37-19-14-27-20-31(40-2)32(41-3)21-28(27)22-34(37)38/h5-7,10-14,19-21,23H,8-9,15-18,22,24-25H2,1-4H3. The van der Waals surface area contributed by atoms with Gasteiger partial charge in [-0.15, -0.1) is 0 Å². The van der Waals surface area contributed by atoms with Crippen LogP contribution in [0.3, 0.4) is 0 Å². The summed E-state index contributed by atoms with van der Waals surface area (Å²) in [5.74, 6) is 2.93. The van der Waals surface area contributed by atoms with Crippen molar-refractivity contribution in [3.05, 3.63) is 89.1 Å². The van der Waals surface area contributed by atoms with Crippen molar-refractivity contribution in [1.82, 2.24) is 9.80 Å². The van der Waals surface area contributed by atoms with Gasteiger partial charge in [-0.3, -0.25) is 9.69 Å². The van der Waals surface area contributed by atoms with Crippen molar-refractivity contribution in [2.24, 2.45) is 0 Å². The SMILES string of the molecule is COc1ccc(C2(CN(CCCN3C=Cc4cc(OC)c(OC)cc4CC3=O)Cc3ccccc3)CCC2)cc1OC. The third kappa shape index (κ3) is 6.41. The van der Waals surface area contributed by atoms with Gasteiger partial charge in [-0.1, -0.05) is 42.8 Å². The third-order valence-electron chi connectivity index (χ3n) is 8.70. The van der Waals surface area contributed by atoms with Crippen molar-refractivity contribution in [2.45, 2.75) is 44.1 Å². The summed E-state index contributed by atoms with van der Waals surface area (Å²) in [5.41, 5.74) is 4.61. The quantitative estimate of drug-likeness (QED) is 0.248. The van der Waals surface area contributed by atoms with Crippen LogP contribution in [0.1, 0.15) is 47.9 Å². The van der Waals surface area contributed by atoms with E-state index >= 15 is 0 Å². The Balaban J connectivity index is 1.30. The lowest BCUT2D eigenvalue weighted by molar-refractivity contribution is -0.127. The Kier molecular flexibility index (Phi) is 9.38. The van der Waals surface area contributed by atoms with Gasteiger partial charge >= 0.3 is 0 Å². The van der Waals surface area contributed by atoms with Crippen LogP contribution in [0.2, 0.25) is 0 Å². The van der Waals surface area contributed by atoms with Crippen LogP contribution in [0.15, 0.2) is 66.9 Å². The normalized spacial score (nSPS) is 15.5. The predicted molar refractivity (Wildman–Crippen MR) is 165 cm³/mol. The van der Waals surface area contributed by atoms with E-state index in [2.05, 4.69) is 47.4 Å². The van der Waals surface area contributed by atoms with Crippen molar-refractivity contribution < 1.29 is 23.7 Å². The molecule has 2 aliphatic rings. The second-order valence-corrected chi connectivity index (χ2v) is 11.2. The number of nitrogens with zero attached hydrogens (tertiary/aromatic N) is 2. The largest absolute Gasteiger partial charge is 0.493 e. The Morgan fingerprint density at radius 3 is 2.19 bits per heavy atom. The Morgan fingerprint density at radius 2 is 1.52 bits per heavy atom. The molecule has 42 heavy (non-hydrogen) atoms. The molecule has 0 saturated heterocycles. The van der Waals surface area contributed by atoms with E-state index in [-0.39, 0.29) is 11.3 Å². The van der Waals surface area contributed by atoms with E-state index in [9.17, 15) is 4.79 Å². The molecule has 1 fully saturated rings. The third-order valence-corrected chi connectivity index (χ3v) is 8.70. The number of benzene rings is 3. The predicted octanol–water partition coefficient (Wildman–Crippen LogP) is 6.09. The number of ether oxygens (including phenoxy) is 4. The monoisotopic (exact) mass is 570 g/mol. The molecule has 3 aromatic carbocycles. The molecule has 7 heteroatoms. The van der Waals surface area contributed by atoms with Crippen molar-refractivity contribution in [3.8, 4) is 23.0 Å². The molecule has 0 bridgehead atoms. The summed E-state index contributed by atoms with van der Waals surface area (Å²) in [5, 5.41) is 0. The first kappa shape index (κ1) is 29.5. The van der Waals surface area contributed by atoms with Crippen molar-refractivity contribution in [2.75, 3.05) is 48.1 Å². The zero-order valence-electron chi connectivity index (χ0n) is 25.2. The second-order valence-electron chi connectivity index (χ2n) is 11.2. The molecule has 1 heterocycles. The first-order valence-electron chi connectivity index (χ1n) is 14.7. The van der Waals surface area contributed by atoms with Gasteiger partial charge in [0.2, 0.25) is 5.91 Å². The molecule has 0 radical (unpaired) electrons. The fourth-order valence-corrected chi connectivity index (χ4v) is 6.22. The van der Waals surface area contributed by atoms with E-state index in [1.54, 1.807) is 28.4 Å². The van der Waals surface area contributed by atoms with Crippen molar-refractivity contribution in [1.29, 1.82) is 0 Å².